The van der Waals surface area contributed by atoms with Gasteiger partial charge in [-0.1, -0.05) is 12.8 Å². The molecule has 2 aliphatic rings. The van der Waals surface area contributed by atoms with Gasteiger partial charge in [0.25, 0.3) is 0 Å². The van der Waals surface area contributed by atoms with Crippen LogP contribution in [-0.4, -0.2) is 18.9 Å². The first kappa shape index (κ1) is 12.6. The lowest BCUT2D eigenvalue weighted by molar-refractivity contribution is 0.112. The molecule has 0 spiro atoms. The molecule has 1 atom stereocenters. The Bertz CT molecular complexity index is 468. The Morgan fingerprint density at radius 3 is 2.63 bits per heavy atom. The zero-order valence-corrected chi connectivity index (χ0v) is 11.1. The zero-order valence-electron chi connectivity index (χ0n) is 11.1. The summed E-state index contributed by atoms with van der Waals surface area (Å²) in [5, 5.41) is 0. The smallest absolute Gasteiger partial charge is 0.150 e. The fourth-order valence-corrected chi connectivity index (χ4v) is 3.78. The molecule has 1 aliphatic heterocycles. The molecule has 2 fully saturated rings. The number of carbonyl (C=O) groups is 1. The molecule has 19 heavy (non-hydrogen) atoms. The van der Waals surface area contributed by atoms with Crippen LogP contribution in [0, 0.1) is 11.7 Å². The van der Waals surface area contributed by atoms with Crippen LogP contribution in [0.25, 0.3) is 0 Å². The Balaban J connectivity index is 1.87. The molecule has 1 aromatic carbocycles. The molecule has 1 aliphatic carbocycles. The summed E-state index contributed by atoms with van der Waals surface area (Å²) >= 11 is 0. The van der Waals surface area contributed by atoms with E-state index in [1.807, 2.05) is 6.07 Å². The van der Waals surface area contributed by atoms with Gasteiger partial charge in [0.05, 0.1) is 0 Å². The zero-order chi connectivity index (χ0) is 13.2. The van der Waals surface area contributed by atoms with Crippen LogP contribution >= 0.6 is 0 Å². The van der Waals surface area contributed by atoms with Crippen LogP contribution in [0.5, 0.6) is 0 Å². The number of carbonyl (C=O) groups excluding carboxylic acids is 1. The topological polar surface area (TPSA) is 20.3 Å². The summed E-state index contributed by atoms with van der Waals surface area (Å²) in [6.07, 6.45) is 8.38. The monoisotopic (exact) mass is 261 g/mol. The molecule has 1 heterocycles. The maximum atomic E-state index is 13.6. The first-order valence-electron chi connectivity index (χ1n) is 7.30. The van der Waals surface area contributed by atoms with Gasteiger partial charge in [0.2, 0.25) is 0 Å². The molecular formula is C16H20FNO. The second kappa shape index (κ2) is 5.32. The highest BCUT2D eigenvalue weighted by atomic mass is 19.1. The van der Waals surface area contributed by atoms with Crippen molar-refractivity contribution >= 4 is 12.0 Å². The molecule has 1 saturated heterocycles. The SMILES string of the molecule is O=Cc1cc(F)cc(N2CCCC2C2CCCC2)c1. The van der Waals surface area contributed by atoms with Gasteiger partial charge in [-0.3, -0.25) is 4.79 Å². The third kappa shape index (κ3) is 2.51. The molecular weight excluding hydrogens is 241 g/mol. The number of halogens is 1. The Kier molecular flexibility index (Phi) is 3.54. The van der Waals surface area contributed by atoms with Crippen molar-refractivity contribution in [2.24, 2.45) is 5.92 Å². The summed E-state index contributed by atoms with van der Waals surface area (Å²) < 4.78 is 13.6. The average Bonchev–Trinajstić information content (AvgIpc) is 3.08. The first-order chi connectivity index (χ1) is 9.28. The Morgan fingerprint density at radius 2 is 1.89 bits per heavy atom. The van der Waals surface area contributed by atoms with Crippen LogP contribution in [0.15, 0.2) is 18.2 Å². The molecule has 0 radical (unpaired) electrons. The van der Waals surface area contributed by atoms with Crippen molar-refractivity contribution in [3.8, 4) is 0 Å². The summed E-state index contributed by atoms with van der Waals surface area (Å²) in [6.45, 7) is 0.989. The molecule has 1 saturated carbocycles. The van der Waals surface area contributed by atoms with Gasteiger partial charge in [0.1, 0.15) is 12.1 Å². The van der Waals surface area contributed by atoms with Gasteiger partial charge in [0, 0.05) is 23.8 Å². The normalized spacial score (nSPS) is 24.1. The molecule has 0 bridgehead atoms. The largest absolute Gasteiger partial charge is 0.368 e. The molecule has 3 heteroatoms. The predicted molar refractivity (Wildman–Crippen MR) is 74.1 cm³/mol. The number of hydrogen-bond donors (Lipinski definition) is 0. The number of hydrogen-bond acceptors (Lipinski definition) is 2. The summed E-state index contributed by atoms with van der Waals surface area (Å²) in [5.41, 5.74) is 1.32. The molecule has 2 nitrogen and oxygen atoms in total. The van der Waals surface area contributed by atoms with Crippen LogP contribution in [0.1, 0.15) is 48.9 Å². The van der Waals surface area contributed by atoms with Crippen molar-refractivity contribution in [3.05, 3.63) is 29.6 Å². The number of aldehydes is 1. The van der Waals surface area contributed by atoms with E-state index >= 15 is 0 Å². The van der Waals surface area contributed by atoms with Crippen LogP contribution in [0.4, 0.5) is 10.1 Å². The van der Waals surface area contributed by atoms with Gasteiger partial charge in [-0.25, -0.2) is 4.39 Å². The quantitative estimate of drug-likeness (QED) is 0.771. The molecule has 3 rings (SSSR count). The van der Waals surface area contributed by atoms with Gasteiger partial charge in [-0.15, -0.1) is 0 Å². The minimum absolute atomic E-state index is 0.309. The fraction of sp³-hybridized carbons (Fsp3) is 0.562. The average molecular weight is 261 g/mol. The van der Waals surface area contributed by atoms with E-state index in [0.29, 0.717) is 11.6 Å². The van der Waals surface area contributed by atoms with E-state index in [-0.39, 0.29) is 5.82 Å². The van der Waals surface area contributed by atoms with E-state index in [2.05, 4.69) is 4.90 Å². The van der Waals surface area contributed by atoms with Gasteiger partial charge in [-0.05, 0) is 49.8 Å². The van der Waals surface area contributed by atoms with Crippen molar-refractivity contribution in [3.63, 3.8) is 0 Å². The molecule has 0 aromatic heterocycles. The van der Waals surface area contributed by atoms with Crippen molar-refractivity contribution in [1.82, 2.24) is 0 Å². The second-order valence-electron chi connectivity index (χ2n) is 5.81. The van der Waals surface area contributed by atoms with Crippen LogP contribution < -0.4 is 4.90 Å². The first-order valence-corrected chi connectivity index (χ1v) is 7.30. The van der Waals surface area contributed by atoms with Crippen molar-refractivity contribution in [2.75, 3.05) is 11.4 Å². The van der Waals surface area contributed by atoms with E-state index in [4.69, 9.17) is 0 Å². The molecule has 1 aromatic rings. The van der Waals surface area contributed by atoms with Crippen LogP contribution in [-0.2, 0) is 0 Å². The van der Waals surface area contributed by atoms with Gasteiger partial charge >= 0.3 is 0 Å². The van der Waals surface area contributed by atoms with Crippen molar-refractivity contribution in [2.45, 2.75) is 44.6 Å². The fourth-order valence-electron chi connectivity index (χ4n) is 3.78. The molecule has 0 N–H and O–H groups in total. The summed E-state index contributed by atoms with van der Waals surface area (Å²) in [4.78, 5) is 13.2. The summed E-state index contributed by atoms with van der Waals surface area (Å²) in [5.74, 6) is 0.446. The Labute approximate surface area is 113 Å². The van der Waals surface area contributed by atoms with Crippen LogP contribution in [0.2, 0.25) is 0 Å². The molecule has 102 valence electrons. The predicted octanol–water partition coefficient (Wildman–Crippen LogP) is 3.80. The van der Waals surface area contributed by atoms with E-state index in [1.165, 1.54) is 44.6 Å². The number of rotatable bonds is 3. The van der Waals surface area contributed by atoms with E-state index < -0.39 is 0 Å². The maximum absolute atomic E-state index is 13.6. The molecule has 1 unspecified atom stereocenters. The lowest BCUT2D eigenvalue weighted by Crippen LogP contribution is -2.34. The van der Waals surface area contributed by atoms with E-state index in [0.717, 1.165) is 24.4 Å². The van der Waals surface area contributed by atoms with Crippen LogP contribution in [0.3, 0.4) is 0 Å². The van der Waals surface area contributed by atoms with Crippen molar-refractivity contribution in [1.29, 1.82) is 0 Å². The minimum atomic E-state index is -0.309. The Morgan fingerprint density at radius 1 is 1.11 bits per heavy atom. The lowest BCUT2D eigenvalue weighted by atomic mass is 9.95. The third-order valence-corrected chi connectivity index (χ3v) is 4.62. The summed E-state index contributed by atoms with van der Waals surface area (Å²) in [6, 6.07) is 5.24. The standard InChI is InChI=1S/C16H20FNO/c17-14-8-12(11-19)9-15(10-14)18-7-3-6-16(18)13-4-1-2-5-13/h8-11,13,16H,1-7H2. The van der Waals surface area contributed by atoms with Gasteiger partial charge < -0.3 is 4.90 Å². The number of nitrogens with zero attached hydrogens (tertiary/aromatic N) is 1. The van der Waals surface area contributed by atoms with Gasteiger partial charge in [0.15, 0.2) is 0 Å². The minimum Gasteiger partial charge on any atom is -0.368 e. The summed E-state index contributed by atoms with van der Waals surface area (Å²) in [7, 11) is 0. The highest BCUT2D eigenvalue weighted by Crippen LogP contribution is 2.38. The number of benzene rings is 1. The Hall–Kier alpha value is -1.38. The highest BCUT2D eigenvalue weighted by molar-refractivity contribution is 5.77. The van der Waals surface area contributed by atoms with E-state index in [9.17, 15) is 9.18 Å². The maximum Gasteiger partial charge on any atom is 0.150 e. The second-order valence-corrected chi connectivity index (χ2v) is 5.81. The van der Waals surface area contributed by atoms with Gasteiger partial charge in [-0.2, -0.15) is 0 Å². The highest BCUT2D eigenvalue weighted by Gasteiger charge is 2.33. The van der Waals surface area contributed by atoms with E-state index in [1.54, 1.807) is 6.07 Å². The number of anilines is 1. The van der Waals surface area contributed by atoms with Crippen molar-refractivity contribution < 1.29 is 9.18 Å². The molecule has 0 amide bonds. The third-order valence-electron chi connectivity index (χ3n) is 4.62. The lowest BCUT2D eigenvalue weighted by Gasteiger charge is -2.31.